The van der Waals surface area contributed by atoms with Gasteiger partial charge in [0.05, 0.1) is 27.1 Å². The minimum absolute atomic E-state index is 0.581. The van der Waals surface area contributed by atoms with Gasteiger partial charge in [-0.2, -0.15) is 0 Å². The number of nitrogens with zero attached hydrogens (tertiary/aromatic N) is 3. The minimum atomic E-state index is -1.59. The van der Waals surface area contributed by atoms with Crippen molar-refractivity contribution in [2.45, 2.75) is 51.1 Å². The van der Waals surface area contributed by atoms with Gasteiger partial charge in [0, 0.05) is 56.8 Å². The average Bonchev–Trinajstić information content (AvgIpc) is 3.77. The third-order valence-corrected chi connectivity index (χ3v) is 20.2. The molecule has 0 saturated carbocycles. The van der Waals surface area contributed by atoms with Crippen molar-refractivity contribution in [2.75, 3.05) is 9.80 Å². The summed E-state index contributed by atoms with van der Waals surface area (Å²) in [6.07, 6.45) is 9.51. The lowest BCUT2D eigenvalue weighted by Gasteiger charge is -2.43. The first kappa shape index (κ1) is 48.1. The van der Waals surface area contributed by atoms with Gasteiger partial charge in [-0.15, -0.1) is 0 Å². The molecule has 0 bridgehead atoms. The van der Waals surface area contributed by atoms with Gasteiger partial charge in [0.25, 0.3) is 0 Å². The summed E-state index contributed by atoms with van der Waals surface area (Å²) < 4.78 is 7.30. The highest BCUT2D eigenvalue weighted by atomic mass is 28.3. The zero-order valence-electron chi connectivity index (χ0n) is 44.7. The van der Waals surface area contributed by atoms with Crippen molar-refractivity contribution in [1.29, 1.82) is 0 Å². The summed E-state index contributed by atoms with van der Waals surface area (Å²) in [4.78, 5) is 9.89. The van der Waals surface area contributed by atoms with Crippen molar-refractivity contribution in [3.63, 3.8) is 0 Å². The molecule has 11 aromatic rings. The number of para-hydroxylation sites is 2. The molecule has 0 amide bonds. The van der Waals surface area contributed by atoms with Crippen LogP contribution in [0.5, 0.6) is 11.5 Å². The van der Waals surface area contributed by atoms with E-state index in [-0.39, 0.29) is 0 Å². The van der Waals surface area contributed by atoms with E-state index in [1.165, 1.54) is 26.7 Å². The summed E-state index contributed by atoms with van der Waals surface area (Å²) in [5, 5.41) is 10.8. The molecule has 4 nitrogen and oxygen atoms in total. The molecule has 6 heteroatoms. The monoisotopic (exact) mass is 1030 g/mol. The van der Waals surface area contributed by atoms with Crippen LogP contribution in [-0.2, 0) is 5.41 Å². The van der Waals surface area contributed by atoms with Gasteiger partial charge >= 0.3 is 0 Å². The smallest absolute Gasteiger partial charge is 0.132 e. The van der Waals surface area contributed by atoms with Crippen LogP contribution < -0.4 is 24.9 Å². The van der Waals surface area contributed by atoms with Crippen LogP contribution in [0.1, 0.15) is 28.7 Å². The van der Waals surface area contributed by atoms with Crippen LogP contribution >= 0.6 is 0 Å². The van der Waals surface area contributed by atoms with Gasteiger partial charge in [-0.25, -0.2) is 0 Å². The molecular formula is C71H61N3OSi2. The van der Waals surface area contributed by atoms with E-state index in [1.807, 2.05) is 12.3 Å². The Morgan fingerprint density at radius 3 is 1.62 bits per heavy atom. The number of allylic oxidation sites excluding steroid dienone is 4. The van der Waals surface area contributed by atoms with Gasteiger partial charge in [0.15, 0.2) is 0 Å². The third kappa shape index (κ3) is 8.31. The number of rotatable bonds is 8. The summed E-state index contributed by atoms with van der Waals surface area (Å²) in [5.41, 5.74) is 12.0. The number of hydrogen-bond acceptors (Lipinski definition) is 4. The maximum atomic E-state index is 7.30. The first-order chi connectivity index (χ1) is 37.3. The lowest BCUT2D eigenvalue weighted by atomic mass is 9.62. The maximum absolute atomic E-state index is 7.30. The van der Waals surface area contributed by atoms with Crippen molar-refractivity contribution in [2.24, 2.45) is 0 Å². The second-order valence-electron chi connectivity index (χ2n) is 22.9. The highest BCUT2D eigenvalue weighted by Crippen LogP contribution is 2.60. The third-order valence-electron chi connectivity index (χ3n) is 16.0. The van der Waals surface area contributed by atoms with Crippen LogP contribution in [0.15, 0.2) is 249 Å². The maximum Gasteiger partial charge on any atom is 0.132 e. The van der Waals surface area contributed by atoms with Gasteiger partial charge < -0.3 is 14.5 Å². The van der Waals surface area contributed by atoms with Gasteiger partial charge in [-0.05, 0) is 153 Å². The average molecular weight is 1030 g/mol. The summed E-state index contributed by atoms with van der Waals surface area (Å²) in [6, 6.07) is 78.4. The molecule has 10 aromatic carbocycles. The fraction of sp³-hybridized carbons (Fsp3) is 0.113. The Morgan fingerprint density at radius 1 is 0.455 bits per heavy atom. The molecule has 1 spiro atoms. The van der Waals surface area contributed by atoms with Gasteiger partial charge in [0.2, 0.25) is 0 Å². The van der Waals surface area contributed by atoms with Crippen molar-refractivity contribution in [1.82, 2.24) is 4.98 Å². The molecule has 0 saturated heterocycles. The van der Waals surface area contributed by atoms with Gasteiger partial charge in [-0.3, -0.25) is 4.98 Å². The molecule has 0 N–H and O–H groups in total. The molecule has 1 aromatic heterocycles. The Balaban J connectivity index is 1.15. The van der Waals surface area contributed by atoms with E-state index in [9.17, 15) is 0 Å². The van der Waals surface area contributed by atoms with E-state index in [1.54, 1.807) is 0 Å². The summed E-state index contributed by atoms with van der Waals surface area (Å²) >= 11 is 0. The molecule has 13 rings (SSSR count). The SMILES string of the molecule is C=C1/C=C\C(N(c2ccccc2)c2ccc([Si](C)(C)C)cc2)=C/CC2(c3cc4ccccc4cc3Oc3cc4cccnc4cc32)c2c1c1ccccc1c1cc(N(c3ccccc3)c3ccc([Si](C)(C)C)cc3)ccc21. The fourth-order valence-electron chi connectivity index (χ4n) is 12.1. The molecule has 1 atom stereocenters. The second-order valence-corrected chi connectivity index (χ2v) is 33.1. The van der Waals surface area contributed by atoms with Crippen LogP contribution in [-0.4, -0.2) is 21.1 Å². The number of ether oxygens (including phenoxy) is 1. The van der Waals surface area contributed by atoms with Crippen molar-refractivity contribution in [3.05, 3.63) is 271 Å². The molecule has 1 unspecified atom stereocenters. The molecule has 2 aliphatic rings. The number of pyridine rings is 1. The predicted molar refractivity (Wildman–Crippen MR) is 334 cm³/mol. The molecule has 77 heavy (non-hydrogen) atoms. The number of benzene rings is 10. The zero-order valence-corrected chi connectivity index (χ0v) is 46.7. The standard InChI is InChI=1S/C71H61N3OSi2/c1-48-28-29-56(73(52-22-10-8-11-23-52)54-30-35-58(36-31-54)76(2,3)4)40-41-71(64-43-49-19-14-15-20-50(49)44-67(64)75-68-45-51-21-18-42-72-66(51)47-65(68)71)70-62-39-34-57(46-63(62)60-26-16-17-27-61(60)69(48)70)74(53-24-12-9-13-25-53)55-32-37-59(38-33-55)77(5,6)7/h8-40,42-47H,1,41H2,2-7H3/b29-28-,56-40+. The van der Waals surface area contributed by atoms with Crippen LogP contribution in [0, 0.1) is 0 Å². The first-order valence-corrected chi connectivity index (χ1v) is 33.9. The minimum Gasteiger partial charge on any atom is -0.457 e. The van der Waals surface area contributed by atoms with Crippen molar-refractivity contribution in [3.8, 4) is 11.5 Å². The lowest BCUT2D eigenvalue weighted by molar-refractivity contribution is 0.420. The Kier molecular flexibility index (Phi) is 11.6. The highest BCUT2D eigenvalue weighted by Gasteiger charge is 2.47. The van der Waals surface area contributed by atoms with Crippen LogP contribution in [0.3, 0.4) is 0 Å². The Bertz CT molecular complexity index is 4100. The van der Waals surface area contributed by atoms with E-state index in [2.05, 4.69) is 274 Å². The van der Waals surface area contributed by atoms with Gasteiger partial charge in [-0.1, -0.05) is 190 Å². The Labute approximate surface area is 454 Å². The fourth-order valence-corrected chi connectivity index (χ4v) is 14.5. The van der Waals surface area contributed by atoms with Crippen molar-refractivity contribution < 1.29 is 4.74 Å². The number of fused-ring (bicyclic) bond motifs is 13. The van der Waals surface area contributed by atoms with Crippen LogP contribution in [0.2, 0.25) is 39.3 Å². The van der Waals surface area contributed by atoms with Crippen LogP contribution in [0.25, 0.3) is 48.8 Å². The van der Waals surface area contributed by atoms with E-state index in [4.69, 9.17) is 16.3 Å². The summed E-state index contributed by atoms with van der Waals surface area (Å²) in [6.45, 7) is 19.6. The summed E-state index contributed by atoms with van der Waals surface area (Å²) in [7, 11) is -3.14. The molecular weight excluding hydrogens is 967 g/mol. The van der Waals surface area contributed by atoms with Crippen LogP contribution in [0.4, 0.5) is 28.4 Å². The predicted octanol–water partition coefficient (Wildman–Crippen LogP) is 18.4. The molecule has 374 valence electrons. The van der Waals surface area contributed by atoms with Gasteiger partial charge in [0.1, 0.15) is 11.5 Å². The largest absolute Gasteiger partial charge is 0.457 e. The van der Waals surface area contributed by atoms with E-state index < -0.39 is 21.6 Å². The molecule has 0 fully saturated rings. The topological polar surface area (TPSA) is 28.6 Å². The number of anilines is 5. The zero-order chi connectivity index (χ0) is 52.6. The molecule has 1 aliphatic heterocycles. The number of aromatic nitrogens is 1. The molecule has 0 radical (unpaired) electrons. The highest BCUT2D eigenvalue weighted by molar-refractivity contribution is 6.89. The Hall–Kier alpha value is -8.56. The molecule has 2 heterocycles. The lowest BCUT2D eigenvalue weighted by Crippen LogP contribution is -2.37. The summed E-state index contributed by atoms with van der Waals surface area (Å²) in [5.74, 6) is 1.67. The number of hydrogen-bond donors (Lipinski definition) is 0. The van der Waals surface area contributed by atoms with E-state index in [0.29, 0.717) is 6.42 Å². The first-order valence-electron chi connectivity index (χ1n) is 26.9. The van der Waals surface area contributed by atoms with E-state index in [0.717, 1.165) is 100 Å². The normalized spacial score (nSPS) is 16.4. The molecule has 1 aliphatic carbocycles. The quantitative estimate of drug-likeness (QED) is 0.112. The Morgan fingerprint density at radius 2 is 0.974 bits per heavy atom. The van der Waals surface area contributed by atoms with E-state index >= 15 is 0 Å². The second kappa shape index (κ2) is 18.6. The van der Waals surface area contributed by atoms with Crippen molar-refractivity contribution >= 4 is 104 Å².